The summed E-state index contributed by atoms with van der Waals surface area (Å²) in [4.78, 5) is 25.8. The second-order valence-corrected chi connectivity index (χ2v) is 7.56. The average molecular weight is 407 g/mol. The van der Waals surface area contributed by atoms with E-state index < -0.39 is 0 Å². The lowest BCUT2D eigenvalue weighted by atomic mass is 9.73. The predicted octanol–water partition coefficient (Wildman–Crippen LogP) is 3.72. The second-order valence-electron chi connectivity index (χ2n) is 7.56. The first-order valence-corrected chi connectivity index (χ1v) is 9.97. The van der Waals surface area contributed by atoms with Crippen LogP contribution in [-0.4, -0.2) is 33.0 Å². The number of amides is 1. The Morgan fingerprint density at radius 2 is 1.57 bits per heavy atom. The van der Waals surface area contributed by atoms with E-state index in [1.807, 2.05) is 36.4 Å². The van der Waals surface area contributed by atoms with Crippen molar-refractivity contribution in [3.8, 4) is 17.2 Å². The van der Waals surface area contributed by atoms with Gasteiger partial charge < -0.3 is 19.5 Å². The molecule has 0 unspecified atom stereocenters. The standard InChI is InChI=1S/C24H25NO5/c1-28-20-10-9-16(23(29-2)24(20)30-3)17-13-21(27)25-18-11-15(12-19(26)22(17)18)14-7-5-4-6-8-14/h4-10,15,17H,11-13H2,1-3H3,(H,25,27)/t15-,17-/m0/s1. The van der Waals surface area contributed by atoms with E-state index in [0.717, 1.165) is 16.8 Å². The molecule has 1 amide bonds. The van der Waals surface area contributed by atoms with Crippen LogP contribution in [0.5, 0.6) is 17.2 Å². The molecule has 30 heavy (non-hydrogen) atoms. The molecule has 1 N–H and O–H groups in total. The molecular weight excluding hydrogens is 382 g/mol. The summed E-state index contributed by atoms with van der Waals surface area (Å²) in [6.45, 7) is 0. The van der Waals surface area contributed by atoms with Gasteiger partial charge in [0, 0.05) is 35.6 Å². The molecule has 1 aliphatic carbocycles. The summed E-state index contributed by atoms with van der Waals surface area (Å²) in [5.74, 6) is 1.12. The minimum absolute atomic E-state index is 0.0591. The molecule has 2 atom stereocenters. The highest BCUT2D eigenvalue weighted by Crippen LogP contribution is 2.49. The highest BCUT2D eigenvalue weighted by atomic mass is 16.5. The van der Waals surface area contributed by atoms with Gasteiger partial charge in [-0.15, -0.1) is 0 Å². The minimum atomic E-state index is -0.382. The van der Waals surface area contributed by atoms with Gasteiger partial charge in [0.25, 0.3) is 0 Å². The molecule has 6 nitrogen and oxygen atoms in total. The second kappa shape index (κ2) is 8.22. The molecule has 2 aromatic carbocycles. The Hall–Kier alpha value is -3.28. The third-order valence-electron chi connectivity index (χ3n) is 5.92. The van der Waals surface area contributed by atoms with Crippen molar-refractivity contribution in [2.24, 2.45) is 0 Å². The summed E-state index contributed by atoms with van der Waals surface area (Å²) in [6, 6.07) is 13.6. The molecule has 2 aromatic rings. The van der Waals surface area contributed by atoms with Crippen LogP contribution in [-0.2, 0) is 9.59 Å². The average Bonchev–Trinajstić information content (AvgIpc) is 2.77. The topological polar surface area (TPSA) is 73.9 Å². The van der Waals surface area contributed by atoms with Crippen LogP contribution < -0.4 is 19.5 Å². The molecule has 1 aliphatic heterocycles. The van der Waals surface area contributed by atoms with Crippen LogP contribution in [0.4, 0.5) is 0 Å². The number of hydrogen-bond acceptors (Lipinski definition) is 5. The minimum Gasteiger partial charge on any atom is -0.493 e. The number of carbonyl (C=O) groups is 2. The summed E-state index contributed by atoms with van der Waals surface area (Å²) < 4.78 is 16.5. The number of carbonyl (C=O) groups excluding carboxylic acids is 2. The lowest BCUT2D eigenvalue weighted by molar-refractivity contribution is -0.122. The van der Waals surface area contributed by atoms with Gasteiger partial charge in [-0.25, -0.2) is 0 Å². The molecule has 6 heteroatoms. The molecule has 0 bridgehead atoms. The van der Waals surface area contributed by atoms with Gasteiger partial charge in [0.1, 0.15) is 0 Å². The van der Waals surface area contributed by atoms with Crippen molar-refractivity contribution >= 4 is 11.7 Å². The molecule has 0 fully saturated rings. The molecule has 0 aromatic heterocycles. The Labute approximate surface area is 175 Å². The van der Waals surface area contributed by atoms with Crippen LogP contribution in [0.1, 0.15) is 42.2 Å². The Kier molecular flexibility index (Phi) is 5.48. The monoisotopic (exact) mass is 407 g/mol. The van der Waals surface area contributed by atoms with Crippen LogP contribution >= 0.6 is 0 Å². The van der Waals surface area contributed by atoms with Crippen LogP contribution in [0, 0.1) is 0 Å². The largest absolute Gasteiger partial charge is 0.493 e. The van der Waals surface area contributed by atoms with E-state index in [2.05, 4.69) is 5.32 Å². The summed E-state index contributed by atoms with van der Waals surface area (Å²) in [7, 11) is 4.64. The Morgan fingerprint density at radius 3 is 2.23 bits per heavy atom. The Bertz CT molecular complexity index is 1010. The maximum atomic E-state index is 13.3. The van der Waals surface area contributed by atoms with Gasteiger partial charge in [0.2, 0.25) is 11.7 Å². The van der Waals surface area contributed by atoms with Crippen molar-refractivity contribution in [3.63, 3.8) is 0 Å². The van der Waals surface area contributed by atoms with Gasteiger partial charge in [-0.05, 0) is 24.0 Å². The fraction of sp³-hybridized carbons (Fsp3) is 0.333. The molecule has 0 spiro atoms. The summed E-state index contributed by atoms with van der Waals surface area (Å²) >= 11 is 0. The van der Waals surface area contributed by atoms with E-state index in [4.69, 9.17) is 14.2 Å². The van der Waals surface area contributed by atoms with Gasteiger partial charge >= 0.3 is 0 Å². The van der Waals surface area contributed by atoms with E-state index in [1.54, 1.807) is 27.4 Å². The molecule has 156 valence electrons. The molecule has 0 radical (unpaired) electrons. The van der Waals surface area contributed by atoms with Crippen molar-refractivity contribution in [2.75, 3.05) is 21.3 Å². The maximum Gasteiger partial charge on any atom is 0.225 e. The zero-order chi connectivity index (χ0) is 21.3. The molecule has 1 heterocycles. The van der Waals surface area contributed by atoms with E-state index in [-0.39, 0.29) is 29.9 Å². The van der Waals surface area contributed by atoms with Crippen molar-refractivity contribution in [1.29, 1.82) is 0 Å². The smallest absolute Gasteiger partial charge is 0.225 e. The van der Waals surface area contributed by atoms with Crippen LogP contribution in [0.3, 0.4) is 0 Å². The zero-order valence-electron chi connectivity index (χ0n) is 17.4. The molecule has 0 saturated heterocycles. The zero-order valence-corrected chi connectivity index (χ0v) is 17.4. The number of allylic oxidation sites excluding steroid dienone is 2. The van der Waals surface area contributed by atoms with Gasteiger partial charge in [-0.1, -0.05) is 36.4 Å². The van der Waals surface area contributed by atoms with Gasteiger partial charge in [0.05, 0.1) is 21.3 Å². The van der Waals surface area contributed by atoms with Crippen molar-refractivity contribution in [1.82, 2.24) is 5.32 Å². The quantitative estimate of drug-likeness (QED) is 0.818. The molecule has 2 aliphatic rings. The number of Topliss-reactive ketones (excluding diaryl/α,β-unsaturated/α-hetero) is 1. The number of nitrogens with one attached hydrogen (secondary N) is 1. The van der Waals surface area contributed by atoms with E-state index in [0.29, 0.717) is 35.7 Å². The lowest BCUT2D eigenvalue weighted by Crippen LogP contribution is -2.38. The third-order valence-corrected chi connectivity index (χ3v) is 5.92. The Balaban J connectivity index is 1.79. The number of ether oxygens (including phenoxy) is 3. The van der Waals surface area contributed by atoms with Gasteiger partial charge in [-0.2, -0.15) is 0 Å². The highest BCUT2D eigenvalue weighted by Gasteiger charge is 2.39. The first-order valence-electron chi connectivity index (χ1n) is 9.97. The summed E-state index contributed by atoms with van der Waals surface area (Å²) in [5, 5.41) is 2.96. The fourth-order valence-corrected chi connectivity index (χ4v) is 4.59. The van der Waals surface area contributed by atoms with Crippen LogP contribution in [0.25, 0.3) is 0 Å². The normalized spacial score (nSPS) is 21.0. The van der Waals surface area contributed by atoms with E-state index in [1.165, 1.54) is 0 Å². The predicted molar refractivity (Wildman–Crippen MR) is 112 cm³/mol. The SMILES string of the molecule is COc1ccc([C@@H]2CC(=O)NC3=C2C(=O)C[C@@H](c2ccccc2)C3)c(OC)c1OC. The van der Waals surface area contributed by atoms with Crippen molar-refractivity contribution < 1.29 is 23.8 Å². The van der Waals surface area contributed by atoms with Crippen molar-refractivity contribution in [2.45, 2.75) is 31.1 Å². The van der Waals surface area contributed by atoms with Gasteiger partial charge in [0.15, 0.2) is 17.3 Å². The van der Waals surface area contributed by atoms with E-state index in [9.17, 15) is 9.59 Å². The van der Waals surface area contributed by atoms with Crippen molar-refractivity contribution in [3.05, 3.63) is 64.9 Å². The number of ketones is 1. The summed E-state index contributed by atoms with van der Waals surface area (Å²) in [5.41, 5.74) is 3.26. The molecule has 0 saturated carbocycles. The number of methoxy groups -OCH3 is 3. The summed E-state index contributed by atoms with van der Waals surface area (Å²) in [6.07, 6.45) is 1.24. The highest BCUT2D eigenvalue weighted by molar-refractivity contribution is 6.02. The molecular formula is C24H25NO5. The van der Waals surface area contributed by atoms with Gasteiger partial charge in [-0.3, -0.25) is 9.59 Å². The fourth-order valence-electron chi connectivity index (χ4n) is 4.59. The molecule has 4 rings (SSSR count). The lowest BCUT2D eigenvalue weighted by Gasteiger charge is -2.35. The van der Waals surface area contributed by atoms with Crippen LogP contribution in [0.2, 0.25) is 0 Å². The third kappa shape index (κ3) is 3.43. The maximum absolute atomic E-state index is 13.3. The first-order chi connectivity index (χ1) is 14.6. The number of rotatable bonds is 5. The van der Waals surface area contributed by atoms with E-state index >= 15 is 0 Å². The number of hydrogen-bond donors (Lipinski definition) is 1. The van der Waals surface area contributed by atoms with Crippen LogP contribution in [0.15, 0.2) is 53.7 Å². The Morgan fingerprint density at radius 1 is 0.833 bits per heavy atom. The first kappa shape index (κ1) is 20.0. The number of benzene rings is 2.